The topological polar surface area (TPSA) is 43.9 Å². The van der Waals surface area contributed by atoms with E-state index >= 15 is 0 Å². The lowest BCUT2D eigenvalue weighted by Crippen LogP contribution is -2.52. The van der Waals surface area contributed by atoms with E-state index in [1.807, 2.05) is 25.1 Å². The SMILES string of the molecule is Cc1cccc(N2C(=O)CC(N3CCN(c4ccc(F)cc4)CC3)C2=O)c1. The Morgan fingerprint density at radius 3 is 2.30 bits per heavy atom. The molecule has 0 saturated carbocycles. The first-order valence-corrected chi connectivity index (χ1v) is 9.21. The first-order chi connectivity index (χ1) is 13.0. The molecule has 2 aromatic rings. The van der Waals surface area contributed by atoms with Gasteiger partial charge in [0, 0.05) is 31.9 Å². The Morgan fingerprint density at radius 2 is 1.63 bits per heavy atom. The normalized spacial score (nSPS) is 21.2. The number of amides is 2. The number of aryl methyl sites for hydroxylation is 1. The van der Waals surface area contributed by atoms with Crippen LogP contribution in [-0.4, -0.2) is 48.9 Å². The molecule has 6 heteroatoms. The van der Waals surface area contributed by atoms with Crippen LogP contribution in [-0.2, 0) is 9.59 Å². The van der Waals surface area contributed by atoms with Gasteiger partial charge in [0.2, 0.25) is 5.91 Å². The molecule has 27 heavy (non-hydrogen) atoms. The molecule has 2 saturated heterocycles. The fourth-order valence-electron chi connectivity index (χ4n) is 3.88. The zero-order valence-corrected chi connectivity index (χ0v) is 15.3. The van der Waals surface area contributed by atoms with E-state index in [-0.39, 0.29) is 24.1 Å². The lowest BCUT2D eigenvalue weighted by atomic mass is 10.1. The zero-order valence-electron chi connectivity index (χ0n) is 15.3. The van der Waals surface area contributed by atoms with Crippen LogP contribution in [0.2, 0.25) is 0 Å². The van der Waals surface area contributed by atoms with Crippen LogP contribution in [0.3, 0.4) is 0 Å². The number of hydrogen-bond acceptors (Lipinski definition) is 4. The minimum absolute atomic E-state index is 0.138. The number of nitrogens with zero attached hydrogens (tertiary/aromatic N) is 3. The van der Waals surface area contributed by atoms with Gasteiger partial charge in [0.05, 0.1) is 18.2 Å². The summed E-state index contributed by atoms with van der Waals surface area (Å²) in [4.78, 5) is 31.0. The summed E-state index contributed by atoms with van der Waals surface area (Å²) in [5, 5.41) is 0. The van der Waals surface area contributed by atoms with Crippen LogP contribution in [0, 0.1) is 12.7 Å². The molecule has 0 radical (unpaired) electrons. The molecule has 0 spiro atoms. The molecule has 140 valence electrons. The summed E-state index contributed by atoms with van der Waals surface area (Å²) < 4.78 is 13.1. The summed E-state index contributed by atoms with van der Waals surface area (Å²) in [6.07, 6.45) is 0.226. The number of hydrogen-bond donors (Lipinski definition) is 0. The van der Waals surface area contributed by atoms with Crippen LogP contribution in [0.4, 0.5) is 15.8 Å². The maximum Gasteiger partial charge on any atom is 0.251 e. The van der Waals surface area contributed by atoms with Gasteiger partial charge in [-0.1, -0.05) is 12.1 Å². The quantitative estimate of drug-likeness (QED) is 0.783. The molecule has 1 atom stereocenters. The molecular formula is C21H22FN3O2. The molecule has 2 aliphatic rings. The molecule has 2 aliphatic heterocycles. The van der Waals surface area contributed by atoms with E-state index in [9.17, 15) is 14.0 Å². The van der Waals surface area contributed by atoms with Crippen molar-refractivity contribution in [1.29, 1.82) is 0 Å². The standard InChI is InChI=1S/C21H22FN3O2/c1-15-3-2-4-18(13-15)25-20(26)14-19(21(25)27)24-11-9-23(10-12-24)17-7-5-16(22)6-8-17/h2-8,13,19H,9-12,14H2,1H3. The van der Waals surface area contributed by atoms with Crippen molar-refractivity contribution < 1.29 is 14.0 Å². The molecule has 2 aromatic carbocycles. The third kappa shape index (κ3) is 3.45. The molecule has 2 fully saturated rings. The maximum absolute atomic E-state index is 13.1. The molecular weight excluding hydrogens is 345 g/mol. The first-order valence-electron chi connectivity index (χ1n) is 9.21. The molecule has 2 amide bonds. The predicted molar refractivity (Wildman–Crippen MR) is 102 cm³/mol. The van der Waals surface area contributed by atoms with E-state index in [0.29, 0.717) is 18.8 Å². The van der Waals surface area contributed by atoms with E-state index < -0.39 is 6.04 Å². The van der Waals surface area contributed by atoms with Gasteiger partial charge >= 0.3 is 0 Å². The van der Waals surface area contributed by atoms with Gasteiger partial charge in [-0.3, -0.25) is 14.5 Å². The molecule has 0 bridgehead atoms. The highest BCUT2D eigenvalue weighted by Crippen LogP contribution is 2.27. The number of piperazine rings is 1. The van der Waals surface area contributed by atoms with Gasteiger partial charge in [0.25, 0.3) is 5.91 Å². The Hall–Kier alpha value is -2.73. The molecule has 5 nitrogen and oxygen atoms in total. The van der Waals surface area contributed by atoms with Crippen LogP contribution >= 0.6 is 0 Å². The Kier molecular flexibility index (Phi) is 4.66. The lowest BCUT2D eigenvalue weighted by Gasteiger charge is -2.38. The Bertz CT molecular complexity index is 860. The van der Waals surface area contributed by atoms with Crippen molar-refractivity contribution in [1.82, 2.24) is 4.90 Å². The second-order valence-corrected chi connectivity index (χ2v) is 7.13. The van der Waals surface area contributed by atoms with Crippen LogP contribution < -0.4 is 9.80 Å². The van der Waals surface area contributed by atoms with Gasteiger partial charge in [-0.15, -0.1) is 0 Å². The van der Waals surface area contributed by atoms with Gasteiger partial charge in [-0.25, -0.2) is 9.29 Å². The number of carbonyl (C=O) groups excluding carboxylic acids is 2. The van der Waals surface area contributed by atoms with Crippen molar-refractivity contribution in [3.63, 3.8) is 0 Å². The summed E-state index contributed by atoms with van der Waals surface area (Å²) in [7, 11) is 0. The van der Waals surface area contributed by atoms with Crippen molar-refractivity contribution in [3.8, 4) is 0 Å². The molecule has 0 N–H and O–H groups in total. The largest absolute Gasteiger partial charge is 0.369 e. The third-order valence-electron chi connectivity index (χ3n) is 5.33. The van der Waals surface area contributed by atoms with Gasteiger partial charge in [0.1, 0.15) is 5.82 Å². The monoisotopic (exact) mass is 367 g/mol. The minimum Gasteiger partial charge on any atom is -0.369 e. The highest BCUT2D eigenvalue weighted by atomic mass is 19.1. The Labute approximate surface area is 158 Å². The van der Waals surface area contributed by atoms with Crippen molar-refractivity contribution >= 4 is 23.2 Å². The van der Waals surface area contributed by atoms with Gasteiger partial charge < -0.3 is 4.90 Å². The van der Waals surface area contributed by atoms with Crippen molar-refractivity contribution in [2.24, 2.45) is 0 Å². The van der Waals surface area contributed by atoms with E-state index in [4.69, 9.17) is 0 Å². The third-order valence-corrected chi connectivity index (χ3v) is 5.33. The first kappa shape index (κ1) is 17.7. The molecule has 1 unspecified atom stereocenters. The minimum atomic E-state index is -0.395. The highest BCUT2D eigenvalue weighted by molar-refractivity contribution is 6.22. The average molecular weight is 367 g/mol. The van der Waals surface area contributed by atoms with Crippen LogP contribution in [0.1, 0.15) is 12.0 Å². The number of benzene rings is 2. The lowest BCUT2D eigenvalue weighted by molar-refractivity contribution is -0.123. The van der Waals surface area contributed by atoms with Crippen molar-refractivity contribution in [2.45, 2.75) is 19.4 Å². The predicted octanol–water partition coefficient (Wildman–Crippen LogP) is 2.59. The summed E-state index contributed by atoms with van der Waals surface area (Å²) >= 11 is 0. The van der Waals surface area contributed by atoms with E-state index in [1.54, 1.807) is 18.2 Å². The fourth-order valence-corrected chi connectivity index (χ4v) is 3.88. The highest BCUT2D eigenvalue weighted by Gasteiger charge is 2.43. The molecule has 0 aromatic heterocycles. The van der Waals surface area contributed by atoms with Crippen LogP contribution in [0.25, 0.3) is 0 Å². The second kappa shape index (κ2) is 7.12. The number of halogens is 1. The number of imide groups is 1. The fraction of sp³-hybridized carbons (Fsp3) is 0.333. The number of rotatable bonds is 3. The Morgan fingerprint density at radius 1 is 0.926 bits per heavy atom. The smallest absolute Gasteiger partial charge is 0.251 e. The summed E-state index contributed by atoms with van der Waals surface area (Å²) in [6, 6.07) is 13.5. The van der Waals surface area contributed by atoms with E-state index in [1.165, 1.54) is 17.0 Å². The van der Waals surface area contributed by atoms with Gasteiger partial charge in [-0.2, -0.15) is 0 Å². The molecule has 0 aliphatic carbocycles. The van der Waals surface area contributed by atoms with Gasteiger partial charge in [0.15, 0.2) is 0 Å². The maximum atomic E-state index is 13.1. The molecule has 2 heterocycles. The summed E-state index contributed by atoms with van der Waals surface area (Å²) in [6.45, 7) is 4.83. The average Bonchev–Trinajstić information content (AvgIpc) is 2.97. The molecule has 4 rings (SSSR count). The Balaban J connectivity index is 1.44. The summed E-state index contributed by atoms with van der Waals surface area (Å²) in [5.74, 6) is -0.527. The second-order valence-electron chi connectivity index (χ2n) is 7.13. The van der Waals surface area contributed by atoms with Crippen LogP contribution in [0.15, 0.2) is 48.5 Å². The van der Waals surface area contributed by atoms with Crippen molar-refractivity contribution in [3.05, 3.63) is 59.9 Å². The van der Waals surface area contributed by atoms with E-state index in [0.717, 1.165) is 24.3 Å². The van der Waals surface area contributed by atoms with E-state index in [2.05, 4.69) is 9.80 Å². The number of anilines is 2. The van der Waals surface area contributed by atoms with Crippen LogP contribution in [0.5, 0.6) is 0 Å². The zero-order chi connectivity index (χ0) is 19.0. The van der Waals surface area contributed by atoms with Crippen molar-refractivity contribution in [2.75, 3.05) is 36.0 Å². The summed E-state index contributed by atoms with van der Waals surface area (Å²) in [5.41, 5.74) is 2.65. The number of carbonyl (C=O) groups is 2. The van der Waals surface area contributed by atoms with Gasteiger partial charge in [-0.05, 0) is 48.9 Å².